The van der Waals surface area contributed by atoms with Crippen LogP contribution in [0.2, 0.25) is 0 Å². The molecular weight excluding hydrogens is 284 g/mol. The van der Waals surface area contributed by atoms with Crippen LogP contribution in [0.1, 0.15) is 18.9 Å². The predicted octanol–water partition coefficient (Wildman–Crippen LogP) is 2.68. The van der Waals surface area contributed by atoms with Gasteiger partial charge in [-0.1, -0.05) is 15.9 Å². The summed E-state index contributed by atoms with van der Waals surface area (Å²) in [6, 6.07) is 7.39. The summed E-state index contributed by atoms with van der Waals surface area (Å²) < 4.78 is 5.43. The molecule has 1 aromatic rings. The van der Waals surface area contributed by atoms with Gasteiger partial charge in [0, 0.05) is 10.5 Å². The van der Waals surface area contributed by atoms with Crippen molar-refractivity contribution < 1.29 is 9.53 Å². The standard InChI is InChI=1S/C12H13BrN2O2/c1-8(5-12(16)17-2)15-11-4-3-10(13)6-9(11)7-14/h3-4,6,8,15H,5H2,1-2H3. The van der Waals surface area contributed by atoms with Gasteiger partial charge >= 0.3 is 5.97 Å². The number of ether oxygens (including phenoxy) is 1. The fourth-order valence-corrected chi connectivity index (χ4v) is 1.75. The number of halogens is 1. The van der Waals surface area contributed by atoms with Crippen LogP contribution in [0, 0.1) is 11.3 Å². The number of nitrogens with one attached hydrogen (secondary N) is 1. The fourth-order valence-electron chi connectivity index (χ4n) is 1.38. The molecule has 0 spiro atoms. The third-order valence-electron chi connectivity index (χ3n) is 2.20. The molecular formula is C12H13BrN2O2. The van der Waals surface area contributed by atoms with Gasteiger partial charge < -0.3 is 10.1 Å². The Morgan fingerprint density at radius 3 is 2.94 bits per heavy atom. The lowest BCUT2D eigenvalue weighted by Gasteiger charge is -2.15. The molecule has 0 amide bonds. The molecule has 0 aromatic heterocycles. The number of hydrogen-bond donors (Lipinski definition) is 1. The van der Waals surface area contributed by atoms with Crippen molar-refractivity contribution in [2.75, 3.05) is 12.4 Å². The zero-order valence-corrected chi connectivity index (χ0v) is 11.2. The maximum Gasteiger partial charge on any atom is 0.307 e. The molecule has 1 aromatic carbocycles. The molecule has 4 nitrogen and oxygen atoms in total. The molecule has 0 bridgehead atoms. The highest BCUT2D eigenvalue weighted by atomic mass is 79.9. The molecule has 0 aliphatic heterocycles. The number of anilines is 1. The Morgan fingerprint density at radius 1 is 1.65 bits per heavy atom. The van der Waals surface area contributed by atoms with Gasteiger partial charge in [0.2, 0.25) is 0 Å². The summed E-state index contributed by atoms with van der Waals surface area (Å²) >= 11 is 3.30. The van der Waals surface area contributed by atoms with Crippen LogP contribution in [0.4, 0.5) is 5.69 Å². The Morgan fingerprint density at radius 2 is 2.35 bits per heavy atom. The molecule has 0 aliphatic rings. The number of rotatable bonds is 4. The van der Waals surface area contributed by atoms with E-state index in [2.05, 4.69) is 32.1 Å². The molecule has 0 heterocycles. The van der Waals surface area contributed by atoms with Crippen LogP contribution in [0.25, 0.3) is 0 Å². The number of nitriles is 1. The van der Waals surface area contributed by atoms with E-state index in [0.29, 0.717) is 11.3 Å². The lowest BCUT2D eigenvalue weighted by molar-refractivity contribution is -0.140. The van der Waals surface area contributed by atoms with Gasteiger partial charge in [0.05, 0.1) is 24.8 Å². The number of esters is 1. The van der Waals surface area contributed by atoms with Crippen molar-refractivity contribution in [3.63, 3.8) is 0 Å². The van der Waals surface area contributed by atoms with Gasteiger partial charge in [-0.3, -0.25) is 4.79 Å². The first-order valence-electron chi connectivity index (χ1n) is 5.09. The van der Waals surface area contributed by atoms with Crippen molar-refractivity contribution in [3.8, 4) is 6.07 Å². The van der Waals surface area contributed by atoms with Crippen LogP contribution in [0.3, 0.4) is 0 Å². The zero-order valence-electron chi connectivity index (χ0n) is 9.66. The first-order chi connectivity index (χ1) is 8.06. The van der Waals surface area contributed by atoms with Crippen LogP contribution >= 0.6 is 15.9 Å². The topological polar surface area (TPSA) is 62.1 Å². The number of methoxy groups -OCH3 is 1. The summed E-state index contributed by atoms with van der Waals surface area (Å²) in [6.07, 6.45) is 0.261. The van der Waals surface area contributed by atoms with Gasteiger partial charge in [0.15, 0.2) is 0 Å². The maximum absolute atomic E-state index is 11.1. The van der Waals surface area contributed by atoms with E-state index >= 15 is 0 Å². The van der Waals surface area contributed by atoms with Gasteiger partial charge in [-0.25, -0.2) is 0 Å². The number of carbonyl (C=O) groups is 1. The van der Waals surface area contributed by atoms with Crippen molar-refractivity contribution >= 4 is 27.6 Å². The molecule has 0 radical (unpaired) electrons. The highest BCUT2D eigenvalue weighted by Crippen LogP contribution is 2.21. The monoisotopic (exact) mass is 296 g/mol. The zero-order chi connectivity index (χ0) is 12.8. The molecule has 1 unspecified atom stereocenters. The Hall–Kier alpha value is -1.54. The van der Waals surface area contributed by atoms with Crippen molar-refractivity contribution in [1.82, 2.24) is 0 Å². The third-order valence-corrected chi connectivity index (χ3v) is 2.70. The van der Waals surface area contributed by atoms with E-state index in [0.717, 1.165) is 4.47 Å². The number of benzene rings is 1. The smallest absolute Gasteiger partial charge is 0.307 e. The number of carbonyl (C=O) groups excluding carboxylic acids is 1. The van der Waals surface area contributed by atoms with E-state index in [4.69, 9.17) is 5.26 Å². The van der Waals surface area contributed by atoms with Crippen LogP contribution in [-0.2, 0) is 9.53 Å². The molecule has 0 saturated heterocycles. The Bertz CT molecular complexity index is 454. The average Bonchev–Trinajstić information content (AvgIpc) is 2.31. The molecule has 1 rings (SSSR count). The van der Waals surface area contributed by atoms with E-state index in [9.17, 15) is 4.79 Å². The molecule has 1 atom stereocenters. The minimum atomic E-state index is -0.277. The van der Waals surface area contributed by atoms with E-state index in [1.807, 2.05) is 13.0 Å². The minimum absolute atomic E-state index is 0.0873. The van der Waals surface area contributed by atoms with Gasteiger partial charge in [-0.15, -0.1) is 0 Å². The minimum Gasteiger partial charge on any atom is -0.469 e. The molecule has 90 valence electrons. The second-order valence-electron chi connectivity index (χ2n) is 3.63. The summed E-state index contributed by atoms with van der Waals surface area (Å²) in [6.45, 7) is 1.86. The highest BCUT2D eigenvalue weighted by molar-refractivity contribution is 9.10. The SMILES string of the molecule is COC(=O)CC(C)Nc1ccc(Br)cc1C#N. The summed E-state index contributed by atoms with van der Waals surface area (Å²) in [5, 5.41) is 12.1. The molecule has 5 heteroatoms. The first kappa shape index (κ1) is 13.5. The summed E-state index contributed by atoms with van der Waals surface area (Å²) in [5.41, 5.74) is 1.25. The molecule has 0 aliphatic carbocycles. The fraction of sp³-hybridized carbons (Fsp3) is 0.333. The highest BCUT2D eigenvalue weighted by Gasteiger charge is 2.11. The first-order valence-corrected chi connectivity index (χ1v) is 5.89. The van der Waals surface area contributed by atoms with Crippen molar-refractivity contribution in [2.24, 2.45) is 0 Å². The van der Waals surface area contributed by atoms with E-state index in [1.165, 1.54) is 7.11 Å². The molecule has 0 fully saturated rings. The largest absolute Gasteiger partial charge is 0.469 e. The van der Waals surface area contributed by atoms with E-state index in [-0.39, 0.29) is 18.4 Å². The maximum atomic E-state index is 11.1. The normalized spacial score (nSPS) is 11.4. The van der Waals surface area contributed by atoms with Crippen LogP contribution in [-0.4, -0.2) is 19.1 Å². The summed E-state index contributed by atoms with van der Waals surface area (Å²) in [5.74, 6) is -0.277. The van der Waals surface area contributed by atoms with Crippen molar-refractivity contribution in [3.05, 3.63) is 28.2 Å². The molecule has 17 heavy (non-hydrogen) atoms. The average molecular weight is 297 g/mol. The van der Waals surface area contributed by atoms with Crippen LogP contribution in [0.5, 0.6) is 0 Å². The lowest BCUT2D eigenvalue weighted by Crippen LogP contribution is -2.20. The third kappa shape index (κ3) is 4.08. The quantitative estimate of drug-likeness (QED) is 0.868. The van der Waals surface area contributed by atoms with Gasteiger partial charge in [-0.05, 0) is 25.1 Å². The number of hydrogen-bond acceptors (Lipinski definition) is 4. The predicted molar refractivity (Wildman–Crippen MR) is 68.6 cm³/mol. The van der Waals surface area contributed by atoms with Gasteiger partial charge in [-0.2, -0.15) is 5.26 Å². The molecule has 1 N–H and O–H groups in total. The van der Waals surface area contributed by atoms with E-state index < -0.39 is 0 Å². The Labute approximate surface area is 109 Å². The van der Waals surface area contributed by atoms with Gasteiger partial charge in [0.1, 0.15) is 6.07 Å². The second-order valence-corrected chi connectivity index (χ2v) is 4.54. The van der Waals surface area contributed by atoms with Gasteiger partial charge in [0.25, 0.3) is 0 Å². The van der Waals surface area contributed by atoms with Crippen LogP contribution < -0.4 is 5.32 Å². The van der Waals surface area contributed by atoms with Crippen LogP contribution in [0.15, 0.2) is 22.7 Å². The Balaban J connectivity index is 2.75. The Kier molecular flexibility index (Phi) is 4.98. The summed E-state index contributed by atoms with van der Waals surface area (Å²) in [4.78, 5) is 11.1. The second kappa shape index (κ2) is 6.26. The number of nitrogens with zero attached hydrogens (tertiary/aromatic N) is 1. The lowest BCUT2D eigenvalue weighted by atomic mass is 10.1. The van der Waals surface area contributed by atoms with Crippen molar-refractivity contribution in [1.29, 1.82) is 5.26 Å². The van der Waals surface area contributed by atoms with Crippen molar-refractivity contribution in [2.45, 2.75) is 19.4 Å². The summed E-state index contributed by atoms with van der Waals surface area (Å²) in [7, 11) is 1.36. The van der Waals surface area contributed by atoms with E-state index in [1.54, 1.807) is 12.1 Å². The molecule has 0 saturated carbocycles.